The number of ether oxygens (including phenoxy) is 1. The van der Waals surface area contributed by atoms with E-state index in [-0.39, 0.29) is 5.54 Å². The number of nitrogens with zero attached hydrogens (tertiary/aromatic N) is 4. The summed E-state index contributed by atoms with van der Waals surface area (Å²) in [5, 5.41) is 9.16. The highest BCUT2D eigenvalue weighted by atomic mass is 16.5. The molecule has 0 bridgehead atoms. The van der Waals surface area contributed by atoms with E-state index in [4.69, 9.17) is 10.00 Å². The first-order valence-electron chi connectivity index (χ1n) is 7.30. The highest BCUT2D eigenvalue weighted by molar-refractivity contribution is 5.02. The molecular formula is C14H26N4O. The Bertz CT molecular complexity index is 312. The second-order valence-corrected chi connectivity index (χ2v) is 5.95. The fourth-order valence-corrected chi connectivity index (χ4v) is 2.71. The van der Waals surface area contributed by atoms with Gasteiger partial charge in [0.1, 0.15) is 5.54 Å². The molecule has 5 nitrogen and oxygen atoms in total. The molecule has 2 fully saturated rings. The van der Waals surface area contributed by atoms with E-state index in [9.17, 15) is 0 Å². The molecule has 0 aromatic rings. The van der Waals surface area contributed by atoms with Gasteiger partial charge in [-0.3, -0.25) is 14.7 Å². The van der Waals surface area contributed by atoms with Crippen LogP contribution in [0.25, 0.3) is 0 Å². The van der Waals surface area contributed by atoms with Gasteiger partial charge in [0.05, 0.1) is 19.3 Å². The normalized spacial score (nSPS) is 24.3. The van der Waals surface area contributed by atoms with Crippen LogP contribution in [0, 0.1) is 11.3 Å². The molecule has 0 aromatic carbocycles. The van der Waals surface area contributed by atoms with Crippen LogP contribution in [0.15, 0.2) is 0 Å². The highest BCUT2D eigenvalue weighted by Crippen LogP contribution is 2.15. The van der Waals surface area contributed by atoms with Gasteiger partial charge in [0.2, 0.25) is 0 Å². The number of hydrogen-bond donors (Lipinski definition) is 0. The number of rotatable bonds is 4. The Hall–Kier alpha value is -0.670. The number of hydrogen-bond acceptors (Lipinski definition) is 5. The largest absolute Gasteiger partial charge is 0.379 e. The van der Waals surface area contributed by atoms with Crippen molar-refractivity contribution in [3.05, 3.63) is 0 Å². The Kier molecular flexibility index (Phi) is 5.17. The summed E-state index contributed by atoms with van der Waals surface area (Å²) in [7, 11) is 0. The zero-order valence-electron chi connectivity index (χ0n) is 12.3. The van der Waals surface area contributed by atoms with E-state index in [0.29, 0.717) is 0 Å². The van der Waals surface area contributed by atoms with Gasteiger partial charge in [0.25, 0.3) is 0 Å². The van der Waals surface area contributed by atoms with Crippen molar-refractivity contribution in [3.8, 4) is 6.07 Å². The zero-order chi connectivity index (χ0) is 13.7. The van der Waals surface area contributed by atoms with E-state index in [1.165, 1.54) is 0 Å². The minimum atomic E-state index is -0.323. The SMILES string of the molecule is CC(C)(C#N)N1CCN(CCN2CCOCC2)CC1. The van der Waals surface area contributed by atoms with Gasteiger partial charge in [-0.1, -0.05) is 0 Å². The smallest absolute Gasteiger partial charge is 0.103 e. The maximum absolute atomic E-state index is 9.16. The molecule has 2 saturated heterocycles. The third kappa shape index (κ3) is 4.15. The highest BCUT2D eigenvalue weighted by Gasteiger charge is 2.29. The second-order valence-electron chi connectivity index (χ2n) is 5.95. The Balaban J connectivity index is 1.67. The average molecular weight is 266 g/mol. The van der Waals surface area contributed by atoms with Gasteiger partial charge in [-0.15, -0.1) is 0 Å². The summed E-state index contributed by atoms with van der Waals surface area (Å²) in [5.74, 6) is 0. The van der Waals surface area contributed by atoms with Gasteiger partial charge in [-0.25, -0.2) is 0 Å². The average Bonchev–Trinajstić information content (AvgIpc) is 2.47. The lowest BCUT2D eigenvalue weighted by atomic mass is 10.0. The number of morpholine rings is 1. The Morgan fingerprint density at radius 2 is 1.47 bits per heavy atom. The number of nitriles is 1. The van der Waals surface area contributed by atoms with Crippen molar-refractivity contribution < 1.29 is 4.74 Å². The van der Waals surface area contributed by atoms with Crippen LogP contribution < -0.4 is 0 Å². The first-order chi connectivity index (χ1) is 9.12. The Morgan fingerprint density at radius 3 is 2.00 bits per heavy atom. The molecule has 0 spiro atoms. The minimum Gasteiger partial charge on any atom is -0.379 e. The maximum atomic E-state index is 9.16. The third-order valence-corrected chi connectivity index (χ3v) is 4.27. The van der Waals surface area contributed by atoms with Crippen LogP contribution in [0.1, 0.15) is 13.8 Å². The van der Waals surface area contributed by atoms with E-state index in [1.807, 2.05) is 13.8 Å². The van der Waals surface area contributed by atoms with Crippen molar-refractivity contribution in [1.82, 2.24) is 14.7 Å². The first kappa shape index (κ1) is 14.7. The van der Waals surface area contributed by atoms with Gasteiger partial charge >= 0.3 is 0 Å². The van der Waals surface area contributed by atoms with Crippen LogP contribution in [0.5, 0.6) is 0 Å². The van der Waals surface area contributed by atoms with Crippen molar-refractivity contribution in [2.24, 2.45) is 0 Å². The van der Waals surface area contributed by atoms with Crippen molar-refractivity contribution >= 4 is 0 Å². The number of piperazine rings is 1. The summed E-state index contributed by atoms with van der Waals surface area (Å²) >= 11 is 0. The van der Waals surface area contributed by atoms with Crippen molar-refractivity contribution in [3.63, 3.8) is 0 Å². The van der Waals surface area contributed by atoms with Crippen LogP contribution in [0.3, 0.4) is 0 Å². The quantitative estimate of drug-likeness (QED) is 0.729. The summed E-state index contributed by atoms with van der Waals surface area (Å²) in [5.41, 5.74) is -0.323. The molecule has 2 rings (SSSR count). The maximum Gasteiger partial charge on any atom is 0.103 e. The molecule has 19 heavy (non-hydrogen) atoms. The lowest BCUT2D eigenvalue weighted by Crippen LogP contribution is -2.55. The van der Waals surface area contributed by atoms with Crippen LogP contribution in [0.2, 0.25) is 0 Å². The molecule has 5 heteroatoms. The molecule has 0 aromatic heterocycles. The molecule has 108 valence electrons. The van der Waals surface area contributed by atoms with Crippen LogP contribution in [-0.4, -0.2) is 85.8 Å². The van der Waals surface area contributed by atoms with E-state index >= 15 is 0 Å². The zero-order valence-corrected chi connectivity index (χ0v) is 12.3. The van der Waals surface area contributed by atoms with Crippen molar-refractivity contribution in [2.75, 3.05) is 65.6 Å². The summed E-state index contributed by atoms with van der Waals surface area (Å²) in [6.45, 7) is 14.4. The Labute approximate surface area is 116 Å². The van der Waals surface area contributed by atoms with Gasteiger partial charge in [0, 0.05) is 52.4 Å². The molecule has 0 N–H and O–H groups in total. The van der Waals surface area contributed by atoms with Gasteiger partial charge in [-0.2, -0.15) is 5.26 Å². The van der Waals surface area contributed by atoms with E-state index < -0.39 is 0 Å². The van der Waals surface area contributed by atoms with E-state index in [2.05, 4.69) is 20.8 Å². The third-order valence-electron chi connectivity index (χ3n) is 4.27. The van der Waals surface area contributed by atoms with Crippen LogP contribution in [-0.2, 0) is 4.74 Å². The van der Waals surface area contributed by atoms with Crippen molar-refractivity contribution in [1.29, 1.82) is 5.26 Å². The molecule has 0 unspecified atom stereocenters. The fourth-order valence-electron chi connectivity index (χ4n) is 2.71. The molecule has 0 atom stereocenters. The summed E-state index contributed by atoms with van der Waals surface area (Å²) in [6.07, 6.45) is 0. The van der Waals surface area contributed by atoms with E-state index in [0.717, 1.165) is 65.6 Å². The Morgan fingerprint density at radius 1 is 0.947 bits per heavy atom. The standard InChI is InChI=1S/C14H26N4O/c1-14(2,13-15)18-7-5-16(6-8-18)3-4-17-9-11-19-12-10-17/h3-12H2,1-2H3. The molecule has 2 aliphatic rings. The van der Waals surface area contributed by atoms with Gasteiger partial charge < -0.3 is 4.74 Å². The molecule has 2 heterocycles. The molecule has 0 radical (unpaired) electrons. The summed E-state index contributed by atoms with van der Waals surface area (Å²) in [6, 6.07) is 2.39. The minimum absolute atomic E-state index is 0.323. The summed E-state index contributed by atoms with van der Waals surface area (Å²) in [4.78, 5) is 7.28. The molecule has 2 aliphatic heterocycles. The predicted octanol–water partition coefficient (Wildman–Crippen LogP) is 0.238. The predicted molar refractivity (Wildman–Crippen MR) is 75.0 cm³/mol. The second kappa shape index (κ2) is 6.67. The van der Waals surface area contributed by atoms with Crippen molar-refractivity contribution in [2.45, 2.75) is 19.4 Å². The topological polar surface area (TPSA) is 42.7 Å². The molecule has 0 amide bonds. The van der Waals surface area contributed by atoms with Crippen LogP contribution >= 0.6 is 0 Å². The fraction of sp³-hybridized carbons (Fsp3) is 0.929. The molecular weight excluding hydrogens is 240 g/mol. The van der Waals surface area contributed by atoms with Gasteiger partial charge in [-0.05, 0) is 13.8 Å². The van der Waals surface area contributed by atoms with E-state index in [1.54, 1.807) is 0 Å². The monoisotopic (exact) mass is 266 g/mol. The lowest BCUT2D eigenvalue weighted by molar-refractivity contribution is 0.0263. The van der Waals surface area contributed by atoms with Crippen LogP contribution in [0.4, 0.5) is 0 Å². The molecule has 0 aliphatic carbocycles. The van der Waals surface area contributed by atoms with Gasteiger partial charge in [0.15, 0.2) is 0 Å². The molecule has 0 saturated carbocycles. The summed E-state index contributed by atoms with van der Waals surface area (Å²) < 4.78 is 5.36. The lowest BCUT2D eigenvalue weighted by Gasteiger charge is -2.41. The first-order valence-corrected chi connectivity index (χ1v) is 7.30.